The topological polar surface area (TPSA) is 89.6 Å². The van der Waals surface area contributed by atoms with E-state index >= 15 is 0 Å². The third kappa shape index (κ3) is 5.93. The number of anilines is 2. The summed E-state index contributed by atoms with van der Waals surface area (Å²) in [4.78, 5) is 29.4. The fourth-order valence-electron chi connectivity index (χ4n) is 4.10. The minimum atomic E-state index is -0.594. The molecule has 186 valence electrons. The van der Waals surface area contributed by atoms with E-state index < -0.39 is 6.10 Å². The first-order chi connectivity index (χ1) is 17.0. The van der Waals surface area contributed by atoms with E-state index in [0.717, 1.165) is 25.2 Å². The van der Waals surface area contributed by atoms with E-state index in [1.807, 2.05) is 12.1 Å². The van der Waals surface area contributed by atoms with Gasteiger partial charge in [0.15, 0.2) is 17.6 Å². The quantitative estimate of drug-likeness (QED) is 0.580. The van der Waals surface area contributed by atoms with E-state index in [9.17, 15) is 9.59 Å². The van der Waals surface area contributed by atoms with E-state index in [4.69, 9.17) is 18.9 Å². The summed E-state index contributed by atoms with van der Waals surface area (Å²) in [7, 11) is 3.14. The molecule has 2 aromatic carbocycles. The molecule has 2 heterocycles. The molecule has 2 aliphatic rings. The van der Waals surface area contributed by atoms with Crippen LogP contribution in [0.2, 0.25) is 0 Å². The van der Waals surface area contributed by atoms with Crippen LogP contribution in [0.3, 0.4) is 0 Å². The van der Waals surface area contributed by atoms with E-state index in [1.54, 1.807) is 56.4 Å². The highest BCUT2D eigenvalue weighted by molar-refractivity contribution is 6.03. The van der Waals surface area contributed by atoms with Crippen LogP contribution >= 0.6 is 0 Å². The third-order valence-electron chi connectivity index (χ3n) is 6.01. The molecule has 1 unspecified atom stereocenters. The number of rotatable bonds is 8. The Bertz CT molecular complexity index is 1100. The third-order valence-corrected chi connectivity index (χ3v) is 6.01. The first kappa shape index (κ1) is 24.6. The van der Waals surface area contributed by atoms with Gasteiger partial charge in [-0.25, -0.2) is 0 Å². The molecule has 0 bridgehead atoms. The molecule has 2 amide bonds. The minimum Gasteiger partial charge on any atom is -0.493 e. The van der Waals surface area contributed by atoms with Gasteiger partial charge in [-0.15, -0.1) is 0 Å². The lowest BCUT2D eigenvalue weighted by Crippen LogP contribution is -2.48. The van der Waals surface area contributed by atoms with Gasteiger partial charge in [0.1, 0.15) is 5.75 Å². The number of carbonyl (C=O) groups is 2. The van der Waals surface area contributed by atoms with Gasteiger partial charge in [-0.2, -0.15) is 0 Å². The summed E-state index contributed by atoms with van der Waals surface area (Å²) >= 11 is 0. The van der Waals surface area contributed by atoms with E-state index in [-0.39, 0.29) is 11.8 Å². The molecule has 35 heavy (non-hydrogen) atoms. The zero-order valence-corrected chi connectivity index (χ0v) is 20.3. The molecular formula is C26H31N3O6. The second-order valence-electron chi connectivity index (χ2n) is 8.32. The van der Waals surface area contributed by atoms with Crippen molar-refractivity contribution >= 4 is 29.3 Å². The highest BCUT2D eigenvalue weighted by Gasteiger charge is 2.32. The van der Waals surface area contributed by atoms with Crippen LogP contribution in [-0.4, -0.2) is 76.4 Å². The number of benzene rings is 2. The zero-order valence-electron chi connectivity index (χ0n) is 20.3. The Kier molecular flexibility index (Phi) is 7.89. The second-order valence-corrected chi connectivity index (χ2v) is 8.32. The first-order valence-electron chi connectivity index (χ1n) is 11.6. The molecule has 1 fully saturated rings. The number of hydrogen-bond acceptors (Lipinski definition) is 7. The standard InChI is InChI=1S/C26H31N3O6/c1-18-26(31)29(11-10-28-12-14-34-15-13-28)21-7-6-20(17-23(21)35-18)27-25(30)9-5-19-4-8-22(32-2)24(16-19)33-3/h4-9,16-18H,10-15H2,1-3H3,(H,27,30)/b9-5+. The van der Waals surface area contributed by atoms with Gasteiger partial charge in [0, 0.05) is 44.0 Å². The summed E-state index contributed by atoms with van der Waals surface area (Å²) in [6.07, 6.45) is 2.55. The van der Waals surface area contributed by atoms with Gasteiger partial charge in [0.25, 0.3) is 5.91 Å². The maximum atomic E-state index is 12.8. The predicted octanol–water partition coefficient (Wildman–Crippen LogP) is 2.80. The maximum Gasteiger partial charge on any atom is 0.267 e. The van der Waals surface area contributed by atoms with Gasteiger partial charge in [-0.05, 0) is 42.8 Å². The van der Waals surface area contributed by atoms with E-state index in [0.29, 0.717) is 48.4 Å². The Hall–Kier alpha value is -3.56. The minimum absolute atomic E-state index is 0.0691. The lowest BCUT2D eigenvalue weighted by Gasteiger charge is -2.35. The van der Waals surface area contributed by atoms with Gasteiger partial charge in [0.2, 0.25) is 5.91 Å². The Morgan fingerprint density at radius 1 is 1.09 bits per heavy atom. The van der Waals surface area contributed by atoms with Crippen molar-refractivity contribution in [2.75, 3.05) is 63.8 Å². The van der Waals surface area contributed by atoms with Crippen LogP contribution in [0.25, 0.3) is 6.08 Å². The van der Waals surface area contributed by atoms with Crippen LogP contribution in [0, 0.1) is 0 Å². The monoisotopic (exact) mass is 481 g/mol. The average Bonchev–Trinajstić information content (AvgIpc) is 2.88. The summed E-state index contributed by atoms with van der Waals surface area (Å²) in [6, 6.07) is 10.7. The molecule has 0 spiro atoms. The SMILES string of the molecule is COc1ccc(/C=C/C(=O)Nc2ccc3c(c2)OC(C)C(=O)N3CCN2CCOCC2)cc1OC. The number of carbonyl (C=O) groups excluding carboxylic acids is 2. The van der Waals surface area contributed by atoms with Crippen LogP contribution in [0.5, 0.6) is 17.2 Å². The van der Waals surface area contributed by atoms with Crippen LogP contribution in [0.4, 0.5) is 11.4 Å². The van der Waals surface area contributed by atoms with Crippen molar-refractivity contribution in [2.45, 2.75) is 13.0 Å². The highest BCUT2D eigenvalue weighted by Crippen LogP contribution is 2.36. The number of nitrogens with zero attached hydrogens (tertiary/aromatic N) is 2. The Balaban J connectivity index is 1.42. The van der Waals surface area contributed by atoms with Crippen molar-refractivity contribution in [1.82, 2.24) is 4.90 Å². The summed E-state index contributed by atoms with van der Waals surface area (Å²) in [5, 5.41) is 2.85. The van der Waals surface area contributed by atoms with Gasteiger partial charge >= 0.3 is 0 Å². The molecule has 1 saturated heterocycles. The van der Waals surface area contributed by atoms with Gasteiger partial charge in [0.05, 0.1) is 33.1 Å². The fourth-order valence-corrected chi connectivity index (χ4v) is 4.10. The number of methoxy groups -OCH3 is 2. The van der Waals surface area contributed by atoms with Crippen molar-refractivity contribution in [3.8, 4) is 17.2 Å². The summed E-state index contributed by atoms with van der Waals surface area (Å²) in [5.74, 6) is 1.42. The largest absolute Gasteiger partial charge is 0.493 e. The summed E-state index contributed by atoms with van der Waals surface area (Å²) < 4.78 is 21.8. The molecule has 1 atom stereocenters. The molecule has 0 saturated carbocycles. The Labute approximate surface area is 205 Å². The zero-order chi connectivity index (χ0) is 24.8. The smallest absolute Gasteiger partial charge is 0.267 e. The normalized spacial score (nSPS) is 18.2. The number of ether oxygens (including phenoxy) is 4. The van der Waals surface area contributed by atoms with Gasteiger partial charge in [-0.3, -0.25) is 14.5 Å². The number of fused-ring (bicyclic) bond motifs is 1. The molecule has 9 heteroatoms. The van der Waals surface area contributed by atoms with Crippen molar-refractivity contribution < 1.29 is 28.5 Å². The lowest BCUT2D eigenvalue weighted by molar-refractivity contribution is -0.125. The Morgan fingerprint density at radius 3 is 2.60 bits per heavy atom. The van der Waals surface area contributed by atoms with E-state index in [2.05, 4.69) is 10.2 Å². The fraction of sp³-hybridized carbons (Fsp3) is 0.385. The van der Waals surface area contributed by atoms with Gasteiger partial charge < -0.3 is 29.2 Å². The molecule has 2 aromatic rings. The number of nitrogens with one attached hydrogen (secondary N) is 1. The number of amides is 2. The summed E-state index contributed by atoms with van der Waals surface area (Å²) in [6.45, 7) is 6.23. The molecular weight excluding hydrogens is 450 g/mol. The molecule has 0 aromatic heterocycles. The first-order valence-corrected chi connectivity index (χ1v) is 11.6. The average molecular weight is 482 g/mol. The lowest BCUT2D eigenvalue weighted by atomic mass is 10.1. The van der Waals surface area contributed by atoms with E-state index in [1.165, 1.54) is 6.08 Å². The molecule has 2 aliphatic heterocycles. The van der Waals surface area contributed by atoms with Crippen molar-refractivity contribution in [3.63, 3.8) is 0 Å². The second kappa shape index (κ2) is 11.2. The molecule has 0 radical (unpaired) electrons. The van der Waals surface area contributed by atoms with Crippen molar-refractivity contribution in [2.24, 2.45) is 0 Å². The molecule has 9 nitrogen and oxygen atoms in total. The number of morpholine rings is 1. The molecule has 4 rings (SSSR count). The van der Waals surface area contributed by atoms with Gasteiger partial charge in [-0.1, -0.05) is 6.07 Å². The molecule has 1 N–H and O–H groups in total. The van der Waals surface area contributed by atoms with Crippen LogP contribution in [0.1, 0.15) is 12.5 Å². The van der Waals surface area contributed by atoms with Crippen molar-refractivity contribution in [3.05, 3.63) is 48.0 Å². The predicted molar refractivity (Wildman–Crippen MR) is 133 cm³/mol. The molecule has 0 aliphatic carbocycles. The van der Waals surface area contributed by atoms with Crippen LogP contribution < -0.4 is 24.4 Å². The van der Waals surface area contributed by atoms with Crippen LogP contribution in [-0.2, 0) is 14.3 Å². The number of hydrogen-bond donors (Lipinski definition) is 1. The Morgan fingerprint density at radius 2 is 1.86 bits per heavy atom. The summed E-state index contributed by atoms with van der Waals surface area (Å²) in [5.41, 5.74) is 2.09. The van der Waals surface area contributed by atoms with Crippen molar-refractivity contribution in [1.29, 1.82) is 0 Å². The maximum absolute atomic E-state index is 12.8. The highest BCUT2D eigenvalue weighted by atomic mass is 16.5. The van der Waals surface area contributed by atoms with Crippen LogP contribution in [0.15, 0.2) is 42.5 Å².